The van der Waals surface area contributed by atoms with Crippen molar-refractivity contribution in [3.8, 4) is 5.82 Å². The van der Waals surface area contributed by atoms with Crippen LogP contribution in [0.3, 0.4) is 0 Å². The predicted octanol–water partition coefficient (Wildman–Crippen LogP) is 0.360. The van der Waals surface area contributed by atoms with E-state index in [9.17, 15) is 4.79 Å². The van der Waals surface area contributed by atoms with E-state index in [-0.39, 0.29) is 5.82 Å². The molecule has 6 heteroatoms. The molecule has 1 N–H and O–H groups in total. The molecule has 0 aliphatic carbocycles. The molecule has 0 bridgehead atoms. The zero-order valence-corrected chi connectivity index (χ0v) is 7.03. The monoisotopic (exact) mass is 190 g/mol. The van der Waals surface area contributed by atoms with Gasteiger partial charge in [-0.25, -0.2) is 19.7 Å². The molecule has 0 aliphatic heterocycles. The maximum atomic E-state index is 10.6. The number of carboxylic acids is 1. The zero-order chi connectivity index (χ0) is 9.97. The Hall–Kier alpha value is -2.24. The van der Waals surface area contributed by atoms with E-state index in [4.69, 9.17) is 5.11 Å². The van der Waals surface area contributed by atoms with Gasteiger partial charge in [0.2, 0.25) is 5.82 Å². The van der Waals surface area contributed by atoms with Crippen LogP contribution >= 0.6 is 0 Å². The van der Waals surface area contributed by atoms with Crippen molar-refractivity contribution in [3.05, 3.63) is 36.8 Å². The van der Waals surface area contributed by atoms with Gasteiger partial charge < -0.3 is 5.11 Å². The van der Waals surface area contributed by atoms with Crippen LogP contribution in [-0.4, -0.2) is 30.6 Å². The Morgan fingerprint density at radius 2 is 2.29 bits per heavy atom. The molecule has 0 saturated heterocycles. The second kappa shape index (κ2) is 3.25. The Labute approximate surface area is 78.9 Å². The average Bonchev–Trinajstić information content (AvgIpc) is 2.71. The highest BCUT2D eigenvalue weighted by Gasteiger charge is 2.07. The molecule has 70 valence electrons. The van der Waals surface area contributed by atoms with E-state index in [0.717, 1.165) is 0 Å². The molecule has 0 saturated carbocycles. The quantitative estimate of drug-likeness (QED) is 0.739. The number of carbonyl (C=O) groups is 1. The molecule has 0 atom stereocenters. The fourth-order valence-corrected chi connectivity index (χ4v) is 0.991. The van der Waals surface area contributed by atoms with Gasteiger partial charge in [0.25, 0.3) is 0 Å². The van der Waals surface area contributed by atoms with Crippen molar-refractivity contribution in [1.82, 2.24) is 19.5 Å². The lowest BCUT2D eigenvalue weighted by Crippen LogP contribution is -2.06. The van der Waals surface area contributed by atoms with E-state index in [2.05, 4.69) is 15.0 Å². The minimum atomic E-state index is -1.15. The summed E-state index contributed by atoms with van der Waals surface area (Å²) in [5.41, 5.74) is 0. The summed E-state index contributed by atoms with van der Waals surface area (Å²) in [7, 11) is 0. The number of carboxylic acid groups (broad SMARTS) is 1. The highest BCUT2D eigenvalue weighted by atomic mass is 16.4. The van der Waals surface area contributed by atoms with Gasteiger partial charge in [-0.2, -0.15) is 0 Å². The SMILES string of the molecule is O=C(O)c1nccc(-n2ccnc2)n1. The van der Waals surface area contributed by atoms with Crippen LogP contribution < -0.4 is 0 Å². The molecule has 2 aromatic rings. The number of hydrogen-bond acceptors (Lipinski definition) is 4. The average molecular weight is 190 g/mol. The van der Waals surface area contributed by atoms with Crippen molar-refractivity contribution in [3.63, 3.8) is 0 Å². The third kappa shape index (κ3) is 1.45. The van der Waals surface area contributed by atoms with Crippen molar-refractivity contribution in [2.75, 3.05) is 0 Å². The first kappa shape index (κ1) is 8.36. The van der Waals surface area contributed by atoms with E-state index in [1.54, 1.807) is 23.0 Å². The molecule has 2 heterocycles. The second-order valence-corrected chi connectivity index (χ2v) is 2.51. The summed E-state index contributed by atoms with van der Waals surface area (Å²) in [5.74, 6) is -0.891. The van der Waals surface area contributed by atoms with Gasteiger partial charge in [-0.1, -0.05) is 0 Å². The van der Waals surface area contributed by atoms with E-state index in [0.29, 0.717) is 5.82 Å². The lowest BCUT2D eigenvalue weighted by atomic mass is 10.5. The Morgan fingerprint density at radius 3 is 2.93 bits per heavy atom. The molecule has 6 nitrogen and oxygen atoms in total. The lowest BCUT2D eigenvalue weighted by molar-refractivity contribution is 0.0683. The Kier molecular flexibility index (Phi) is 1.94. The Bertz CT molecular complexity index is 452. The number of nitrogens with zero attached hydrogens (tertiary/aromatic N) is 4. The van der Waals surface area contributed by atoms with E-state index < -0.39 is 5.97 Å². The molecule has 2 rings (SSSR count). The number of aromatic nitrogens is 4. The molecule has 0 aromatic carbocycles. The highest BCUT2D eigenvalue weighted by molar-refractivity contribution is 5.83. The summed E-state index contributed by atoms with van der Waals surface area (Å²) in [6.45, 7) is 0. The molecule has 0 spiro atoms. The van der Waals surface area contributed by atoms with Gasteiger partial charge in [0.15, 0.2) is 0 Å². The fourth-order valence-electron chi connectivity index (χ4n) is 0.991. The van der Waals surface area contributed by atoms with Crippen LogP contribution in [0.5, 0.6) is 0 Å². The molecular weight excluding hydrogens is 184 g/mol. The van der Waals surface area contributed by atoms with Crippen LogP contribution in [0.4, 0.5) is 0 Å². The molecule has 14 heavy (non-hydrogen) atoms. The smallest absolute Gasteiger partial charge is 0.374 e. The topological polar surface area (TPSA) is 80.9 Å². The summed E-state index contributed by atoms with van der Waals surface area (Å²) in [5, 5.41) is 8.66. The second-order valence-electron chi connectivity index (χ2n) is 2.51. The molecule has 0 radical (unpaired) electrons. The van der Waals surface area contributed by atoms with Crippen LogP contribution in [0.2, 0.25) is 0 Å². The molecular formula is C8H6N4O2. The third-order valence-electron chi connectivity index (χ3n) is 1.60. The van der Waals surface area contributed by atoms with Gasteiger partial charge >= 0.3 is 5.97 Å². The van der Waals surface area contributed by atoms with Crippen LogP contribution in [0.15, 0.2) is 31.0 Å². The number of aromatic carboxylic acids is 1. The minimum Gasteiger partial charge on any atom is -0.475 e. The van der Waals surface area contributed by atoms with Gasteiger partial charge in [-0.3, -0.25) is 4.57 Å². The van der Waals surface area contributed by atoms with Crippen LogP contribution in [0.1, 0.15) is 10.6 Å². The normalized spacial score (nSPS) is 10.0. The summed E-state index contributed by atoms with van der Waals surface area (Å²) in [6.07, 6.45) is 6.19. The first-order valence-corrected chi connectivity index (χ1v) is 3.82. The van der Waals surface area contributed by atoms with Crippen molar-refractivity contribution in [2.45, 2.75) is 0 Å². The maximum absolute atomic E-state index is 10.6. The van der Waals surface area contributed by atoms with Crippen LogP contribution in [0, 0.1) is 0 Å². The first-order valence-electron chi connectivity index (χ1n) is 3.82. The van der Waals surface area contributed by atoms with Gasteiger partial charge in [-0.15, -0.1) is 0 Å². The van der Waals surface area contributed by atoms with Crippen LogP contribution in [0.25, 0.3) is 5.82 Å². The molecule has 0 aliphatic rings. The standard InChI is InChI=1S/C8H6N4O2/c13-8(14)7-10-2-1-6(11-7)12-4-3-9-5-12/h1-5H,(H,13,14). The van der Waals surface area contributed by atoms with E-state index in [1.165, 1.54) is 12.5 Å². The molecule has 0 unspecified atom stereocenters. The highest BCUT2D eigenvalue weighted by Crippen LogP contribution is 2.02. The predicted molar refractivity (Wildman–Crippen MR) is 46.1 cm³/mol. The van der Waals surface area contributed by atoms with E-state index >= 15 is 0 Å². The molecule has 0 amide bonds. The number of hydrogen-bond donors (Lipinski definition) is 1. The van der Waals surface area contributed by atoms with Crippen molar-refractivity contribution in [1.29, 1.82) is 0 Å². The van der Waals surface area contributed by atoms with E-state index in [1.807, 2.05) is 0 Å². The van der Waals surface area contributed by atoms with Gasteiger partial charge in [0.1, 0.15) is 12.1 Å². The van der Waals surface area contributed by atoms with Crippen LogP contribution in [-0.2, 0) is 0 Å². The van der Waals surface area contributed by atoms with Crippen molar-refractivity contribution in [2.24, 2.45) is 0 Å². The number of rotatable bonds is 2. The van der Waals surface area contributed by atoms with Crippen molar-refractivity contribution < 1.29 is 9.90 Å². The summed E-state index contributed by atoms with van der Waals surface area (Å²) in [6, 6.07) is 1.61. The molecule has 2 aromatic heterocycles. The fraction of sp³-hybridized carbons (Fsp3) is 0. The van der Waals surface area contributed by atoms with Crippen molar-refractivity contribution >= 4 is 5.97 Å². The number of imidazole rings is 1. The largest absolute Gasteiger partial charge is 0.475 e. The van der Waals surface area contributed by atoms with Gasteiger partial charge in [0, 0.05) is 18.6 Å². The molecule has 0 fully saturated rings. The maximum Gasteiger partial charge on any atom is 0.374 e. The summed E-state index contributed by atoms with van der Waals surface area (Å²) in [4.78, 5) is 21.8. The van der Waals surface area contributed by atoms with Gasteiger partial charge in [0.05, 0.1) is 0 Å². The lowest BCUT2D eigenvalue weighted by Gasteiger charge is -2.00. The zero-order valence-electron chi connectivity index (χ0n) is 7.03. The summed E-state index contributed by atoms with van der Waals surface area (Å²) < 4.78 is 1.61. The van der Waals surface area contributed by atoms with Gasteiger partial charge in [-0.05, 0) is 6.07 Å². The third-order valence-corrected chi connectivity index (χ3v) is 1.60. The first-order chi connectivity index (χ1) is 6.77. The Morgan fingerprint density at radius 1 is 1.43 bits per heavy atom. The Balaban J connectivity index is 2.46. The minimum absolute atomic E-state index is 0.226. The summed E-state index contributed by atoms with van der Waals surface area (Å²) >= 11 is 0.